The normalized spacial score (nSPS) is 10.9. The molecule has 0 saturated heterocycles. The SMILES string of the molecule is NCCOCCOCC(COCCOCCN)OC(=O)Oc1ccc([N+](=O)[O-])cc1. The maximum Gasteiger partial charge on any atom is 0.514 e. The third-order valence-electron chi connectivity index (χ3n) is 3.39. The van der Waals surface area contributed by atoms with Crippen LogP contribution in [0.3, 0.4) is 0 Å². The predicted molar refractivity (Wildman–Crippen MR) is 105 cm³/mol. The van der Waals surface area contributed by atoms with Gasteiger partial charge in [-0.2, -0.15) is 0 Å². The summed E-state index contributed by atoms with van der Waals surface area (Å²) in [4.78, 5) is 22.1. The molecule has 0 saturated carbocycles. The van der Waals surface area contributed by atoms with E-state index < -0.39 is 17.2 Å². The van der Waals surface area contributed by atoms with Crippen molar-refractivity contribution in [2.75, 3.05) is 65.9 Å². The van der Waals surface area contributed by atoms with Crippen molar-refractivity contribution < 1.29 is 38.1 Å². The van der Waals surface area contributed by atoms with Crippen LogP contribution < -0.4 is 16.2 Å². The van der Waals surface area contributed by atoms with E-state index in [2.05, 4.69) is 0 Å². The lowest BCUT2D eigenvalue weighted by Gasteiger charge is -2.18. The van der Waals surface area contributed by atoms with E-state index in [4.69, 9.17) is 39.9 Å². The molecule has 0 unspecified atom stereocenters. The lowest BCUT2D eigenvalue weighted by molar-refractivity contribution is -0.384. The van der Waals surface area contributed by atoms with Crippen LogP contribution in [0.2, 0.25) is 0 Å². The highest BCUT2D eigenvalue weighted by Gasteiger charge is 2.18. The molecular formula is C18H29N3O9. The van der Waals surface area contributed by atoms with Gasteiger partial charge in [-0.15, -0.1) is 0 Å². The summed E-state index contributed by atoms with van der Waals surface area (Å²) >= 11 is 0. The molecule has 0 aliphatic carbocycles. The Bertz CT molecular complexity index is 585. The van der Waals surface area contributed by atoms with E-state index in [9.17, 15) is 14.9 Å². The van der Waals surface area contributed by atoms with Crippen LogP contribution in [-0.2, 0) is 23.7 Å². The fraction of sp³-hybridized carbons (Fsp3) is 0.611. The largest absolute Gasteiger partial charge is 0.514 e. The Morgan fingerprint density at radius 3 is 1.83 bits per heavy atom. The highest BCUT2D eigenvalue weighted by Crippen LogP contribution is 2.18. The first-order valence-electron chi connectivity index (χ1n) is 9.40. The molecule has 0 fully saturated rings. The lowest BCUT2D eigenvalue weighted by Crippen LogP contribution is -2.31. The molecule has 0 radical (unpaired) electrons. The summed E-state index contributed by atoms with van der Waals surface area (Å²) < 4.78 is 31.5. The van der Waals surface area contributed by atoms with Crippen LogP contribution in [0.4, 0.5) is 10.5 Å². The van der Waals surface area contributed by atoms with Gasteiger partial charge in [-0.25, -0.2) is 4.79 Å². The van der Waals surface area contributed by atoms with Gasteiger partial charge in [0.1, 0.15) is 5.75 Å². The van der Waals surface area contributed by atoms with E-state index in [-0.39, 0.29) is 37.9 Å². The van der Waals surface area contributed by atoms with E-state index in [1.807, 2.05) is 0 Å². The van der Waals surface area contributed by atoms with Crippen LogP contribution in [0.1, 0.15) is 0 Å². The molecule has 0 aliphatic heterocycles. The second-order valence-corrected chi connectivity index (χ2v) is 5.79. The molecule has 30 heavy (non-hydrogen) atoms. The maximum absolute atomic E-state index is 12.0. The van der Waals surface area contributed by atoms with Crippen molar-refractivity contribution in [3.63, 3.8) is 0 Å². The molecule has 1 aromatic carbocycles. The minimum atomic E-state index is -0.986. The average molecular weight is 431 g/mol. The van der Waals surface area contributed by atoms with Crippen molar-refractivity contribution in [2.24, 2.45) is 11.5 Å². The fourth-order valence-electron chi connectivity index (χ4n) is 2.04. The van der Waals surface area contributed by atoms with E-state index in [1.54, 1.807) is 0 Å². The summed E-state index contributed by atoms with van der Waals surface area (Å²) in [7, 11) is 0. The van der Waals surface area contributed by atoms with E-state index in [1.165, 1.54) is 24.3 Å². The Hall–Kier alpha value is -2.35. The second-order valence-electron chi connectivity index (χ2n) is 5.79. The van der Waals surface area contributed by atoms with Gasteiger partial charge < -0.3 is 39.9 Å². The van der Waals surface area contributed by atoms with Gasteiger partial charge >= 0.3 is 6.16 Å². The molecular weight excluding hydrogens is 402 g/mol. The van der Waals surface area contributed by atoms with Crippen molar-refractivity contribution in [3.05, 3.63) is 34.4 Å². The number of nitrogens with two attached hydrogens (primary N) is 2. The highest BCUT2D eigenvalue weighted by atomic mass is 16.7. The smallest absolute Gasteiger partial charge is 0.426 e. The van der Waals surface area contributed by atoms with Crippen LogP contribution in [0.5, 0.6) is 5.75 Å². The molecule has 0 amide bonds. The van der Waals surface area contributed by atoms with Crippen LogP contribution in [-0.4, -0.2) is 83.1 Å². The Morgan fingerprint density at radius 1 is 0.867 bits per heavy atom. The van der Waals surface area contributed by atoms with Gasteiger partial charge in [0, 0.05) is 25.2 Å². The minimum absolute atomic E-state index is 0.0605. The van der Waals surface area contributed by atoms with Gasteiger partial charge in [0.15, 0.2) is 6.10 Å². The molecule has 1 aromatic rings. The third kappa shape index (κ3) is 12.3. The fourth-order valence-corrected chi connectivity index (χ4v) is 2.04. The molecule has 0 bridgehead atoms. The first kappa shape index (κ1) is 25.7. The molecule has 1 rings (SSSR count). The second kappa shape index (κ2) is 16.4. The quantitative estimate of drug-likeness (QED) is 0.116. The van der Waals surface area contributed by atoms with E-state index >= 15 is 0 Å². The first-order valence-corrected chi connectivity index (χ1v) is 9.40. The Balaban J connectivity index is 2.44. The van der Waals surface area contributed by atoms with Crippen molar-refractivity contribution >= 4 is 11.8 Å². The summed E-state index contributed by atoms with van der Waals surface area (Å²) in [6, 6.07) is 5.03. The first-order chi connectivity index (χ1) is 14.6. The number of carbonyl (C=O) groups excluding carboxylic acids is 1. The molecule has 12 heteroatoms. The van der Waals surface area contributed by atoms with Gasteiger partial charge in [-0.3, -0.25) is 10.1 Å². The van der Waals surface area contributed by atoms with Crippen LogP contribution in [0.15, 0.2) is 24.3 Å². The van der Waals surface area contributed by atoms with Gasteiger partial charge in [0.05, 0.1) is 57.8 Å². The summed E-state index contributed by atoms with van der Waals surface area (Å²) in [5.41, 5.74) is 10.5. The predicted octanol–water partition coefficient (Wildman–Crippen LogP) is 0.463. The number of nitrogens with zero attached hydrogens (tertiary/aromatic N) is 1. The van der Waals surface area contributed by atoms with Gasteiger partial charge in [-0.05, 0) is 12.1 Å². The minimum Gasteiger partial charge on any atom is -0.426 e. The number of carbonyl (C=O) groups is 1. The van der Waals surface area contributed by atoms with E-state index in [0.717, 1.165) is 0 Å². The number of ether oxygens (including phenoxy) is 6. The maximum atomic E-state index is 12.0. The summed E-state index contributed by atoms with van der Waals surface area (Å²) in [6.07, 6.45) is -1.72. The number of benzene rings is 1. The monoisotopic (exact) mass is 431 g/mol. The Kier molecular flexibility index (Phi) is 14.1. The van der Waals surface area contributed by atoms with Crippen molar-refractivity contribution in [1.29, 1.82) is 0 Å². The number of nitro groups is 1. The molecule has 0 spiro atoms. The topological polar surface area (TPSA) is 168 Å². The van der Waals surface area contributed by atoms with Crippen molar-refractivity contribution in [3.8, 4) is 5.75 Å². The molecule has 4 N–H and O–H groups in total. The summed E-state index contributed by atoms with van der Waals surface area (Å²) in [5, 5.41) is 10.7. The molecule has 170 valence electrons. The third-order valence-corrected chi connectivity index (χ3v) is 3.39. The summed E-state index contributed by atoms with van der Waals surface area (Å²) in [5.74, 6) is 0.108. The lowest BCUT2D eigenvalue weighted by atomic mass is 10.3. The van der Waals surface area contributed by atoms with Gasteiger partial charge in [-0.1, -0.05) is 0 Å². The van der Waals surface area contributed by atoms with Gasteiger partial charge in [0.25, 0.3) is 5.69 Å². The molecule has 12 nitrogen and oxygen atoms in total. The number of nitro benzene ring substituents is 1. The number of hydrogen-bond acceptors (Lipinski definition) is 11. The zero-order valence-corrected chi connectivity index (χ0v) is 16.7. The molecule has 0 aliphatic rings. The van der Waals surface area contributed by atoms with Crippen molar-refractivity contribution in [2.45, 2.75) is 6.10 Å². The number of hydrogen-bond donors (Lipinski definition) is 2. The Morgan fingerprint density at radius 2 is 1.37 bits per heavy atom. The molecule has 0 atom stereocenters. The van der Waals surface area contributed by atoms with E-state index in [0.29, 0.717) is 39.5 Å². The van der Waals surface area contributed by atoms with Crippen LogP contribution in [0, 0.1) is 10.1 Å². The average Bonchev–Trinajstić information content (AvgIpc) is 2.73. The molecule has 0 aromatic heterocycles. The number of rotatable bonds is 17. The summed E-state index contributed by atoms with van der Waals surface area (Å²) in [6.45, 7) is 3.09. The zero-order chi connectivity index (χ0) is 22.0. The van der Waals surface area contributed by atoms with Gasteiger partial charge in [0.2, 0.25) is 0 Å². The Labute approximate surface area is 174 Å². The highest BCUT2D eigenvalue weighted by molar-refractivity contribution is 5.64. The zero-order valence-electron chi connectivity index (χ0n) is 16.7. The van der Waals surface area contributed by atoms with Crippen LogP contribution in [0.25, 0.3) is 0 Å². The standard InChI is InChI=1S/C18H29N3O9/c19-5-7-25-9-11-27-13-17(14-28-12-10-26-8-6-20)30-18(22)29-16-3-1-15(2-4-16)21(23)24/h1-4,17H,5-14,19-20H2. The molecule has 0 heterocycles. The van der Waals surface area contributed by atoms with Crippen molar-refractivity contribution in [1.82, 2.24) is 0 Å². The van der Waals surface area contributed by atoms with Crippen LogP contribution >= 0.6 is 0 Å². The number of non-ortho nitro benzene ring substituents is 1.